The highest BCUT2D eigenvalue weighted by Gasteiger charge is 2.06. The number of unbranched alkanes of at least 4 members (excludes halogenated alkanes) is 1. The fraction of sp³-hybridized carbons (Fsp3) is 0.222. The molecular formula is C18H20NO3. The van der Waals surface area contributed by atoms with E-state index in [-0.39, 0.29) is 5.91 Å². The van der Waals surface area contributed by atoms with Crippen LogP contribution in [-0.4, -0.2) is 18.1 Å². The zero-order valence-corrected chi connectivity index (χ0v) is 12.6. The van der Waals surface area contributed by atoms with Crippen LogP contribution in [0.4, 0.5) is 5.69 Å². The summed E-state index contributed by atoms with van der Waals surface area (Å²) in [4.78, 5) is 12.2. The number of aliphatic hydroxyl groups is 1. The monoisotopic (exact) mass is 298 g/mol. The Morgan fingerprint density at radius 2 is 2.00 bits per heavy atom. The molecule has 0 aromatic heterocycles. The summed E-state index contributed by atoms with van der Waals surface area (Å²) in [7, 11) is 1.59. The summed E-state index contributed by atoms with van der Waals surface area (Å²) in [6.07, 6.45) is 2.41. The minimum atomic E-state index is -0.150. The topological polar surface area (TPSA) is 58.6 Å². The van der Waals surface area contributed by atoms with Gasteiger partial charge in [-0.15, -0.1) is 0 Å². The van der Waals surface area contributed by atoms with Crippen molar-refractivity contribution in [3.63, 3.8) is 0 Å². The van der Waals surface area contributed by atoms with Crippen molar-refractivity contribution in [2.45, 2.75) is 19.3 Å². The predicted molar refractivity (Wildman–Crippen MR) is 86.6 cm³/mol. The van der Waals surface area contributed by atoms with Crippen LogP contribution in [0.15, 0.2) is 48.5 Å². The average Bonchev–Trinajstić information content (AvgIpc) is 2.55. The van der Waals surface area contributed by atoms with Crippen molar-refractivity contribution in [3.05, 3.63) is 66.3 Å². The summed E-state index contributed by atoms with van der Waals surface area (Å²) in [5, 5.41) is 11.6. The first kappa shape index (κ1) is 16.0. The number of amides is 1. The Morgan fingerprint density at radius 3 is 2.68 bits per heavy atom. The van der Waals surface area contributed by atoms with E-state index in [9.17, 15) is 4.79 Å². The van der Waals surface area contributed by atoms with E-state index >= 15 is 0 Å². The third kappa shape index (κ3) is 4.60. The van der Waals surface area contributed by atoms with Crippen molar-refractivity contribution in [1.82, 2.24) is 0 Å². The molecule has 0 saturated carbocycles. The van der Waals surface area contributed by atoms with E-state index in [1.54, 1.807) is 31.4 Å². The number of carbonyl (C=O) groups excluding carboxylic acids is 1. The molecular weight excluding hydrogens is 278 g/mol. The quantitative estimate of drug-likeness (QED) is 0.764. The second-order valence-electron chi connectivity index (χ2n) is 4.96. The van der Waals surface area contributed by atoms with Crippen LogP contribution in [0.1, 0.15) is 28.8 Å². The molecule has 0 unspecified atom stereocenters. The van der Waals surface area contributed by atoms with Gasteiger partial charge >= 0.3 is 0 Å². The van der Waals surface area contributed by atoms with Gasteiger partial charge in [-0.2, -0.15) is 0 Å². The first-order chi connectivity index (χ1) is 10.7. The van der Waals surface area contributed by atoms with Crippen molar-refractivity contribution in [3.8, 4) is 5.75 Å². The Labute approximate surface area is 130 Å². The van der Waals surface area contributed by atoms with Gasteiger partial charge in [0, 0.05) is 11.3 Å². The normalized spacial score (nSPS) is 10.3. The molecule has 4 nitrogen and oxygen atoms in total. The Morgan fingerprint density at radius 1 is 1.23 bits per heavy atom. The molecule has 2 N–H and O–H groups in total. The van der Waals surface area contributed by atoms with E-state index in [0.717, 1.165) is 29.8 Å². The molecule has 0 spiro atoms. The number of hydrogen-bond acceptors (Lipinski definition) is 3. The molecule has 0 aliphatic heterocycles. The molecule has 1 radical (unpaired) electrons. The van der Waals surface area contributed by atoms with Gasteiger partial charge in [-0.1, -0.05) is 12.1 Å². The van der Waals surface area contributed by atoms with E-state index in [4.69, 9.17) is 9.84 Å². The molecule has 22 heavy (non-hydrogen) atoms. The lowest BCUT2D eigenvalue weighted by Crippen LogP contribution is -2.11. The van der Waals surface area contributed by atoms with Gasteiger partial charge in [0.05, 0.1) is 13.7 Å². The van der Waals surface area contributed by atoms with Crippen LogP contribution in [0.2, 0.25) is 0 Å². The standard InChI is InChI=1S/C18H20NO3/c1-22-17-10-8-15(9-11-17)18(21)19-16-7-4-6-14(13-16)5-2-3-12-20/h4,6-13,20H,2-3,5H2,1H3,(H,19,21). The maximum atomic E-state index is 12.2. The molecule has 0 saturated heterocycles. The van der Waals surface area contributed by atoms with Gasteiger partial charge in [0.1, 0.15) is 5.75 Å². The molecule has 0 aliphatic rings. The Kier molecular flexibility index (Phi) is 5.98. The smallest absolute Gasteiger partial charge is 0.255 e. The van der Waals surface area contributed by atoms with E-state index in [2.05, 4.69) is 5.32 Å². The van der Waals surface area contributed by atoms with Crippen LogP contribution in [0.25, 0.3) is 0 Å². The van der Waals surface area contributed by atoms with Gasteiger partial charge in [-0.25, -0.2) is 0 Å². The van der Waals surface area contributed by atoms with Crippen LogP contribution in [0, 0.1) is 6.61 Å². The van der Waals surface area contributed by atoms with Gasteiger partial charge < -0.3 is 15.2 Å². The zero-order chi connectivity index (χ0) is 15.8. The molecule has 2 aromatic carbocycles. The van der Waals surface area contributed by atoms with Crippen LogP contribution in [0.5, 0.6) is 5.75 Å². The number of benzene rings is 2. The maximum absolute atomic E-state index is 12.2. The SMILES string of the molecule is COc1ccc(C(=O)Nc2cccc(CCC[CH]O)c2)cc1. The number of anilines is 1. The van der Waals surface area contributed by atoms with Gasteiger partial charge in [0.2, 0.25) is 0 Å². The predicted octanol–water partition coefficient (Wildman–Crippen LogP) is 3.80. The Bertz CT molecular complexity index is 608. The van der Waals surface area contributed by atoms with Gasteiger partial charge in [-0.3, -0.25) is 4.79 Å². The summed E-state index contributed by atoms with van der Waals surface area (Å²) < 4.78 is 5.08. The number of aryl methyl sites for hydroxylation is 1. The number of carbonyl (C=O) groups is 1. The van der Waals surface area contributed by atoms with Crippen LogP contribution in [0.3, 0.4) is 0 Å². The molecule has 4 heteroatoms. The highest BCUT2D eigenvalue weighted by Crippen LogP contribution is 2.16. The number of aliphatic hydroxyl groups excluding tert-OH is 1. The van der Waals surface area contributed by atoms with E-state index in [1.807, 2.05) is 24.3 Å². The van der Waals surface area contributed by atoms with Crippen molar-refractivity contribution in [2.75, 3.05) is 12.4 Å². The molecule has 2 aromatic rings. The van der Waals surface area contributed by atoms with Gasteiger partial charge in [-0.05, 0) is 61.2 Å². The minimum Gasteiger partial charge on any atom is -0.497 e. The van der Waals surface area contributed by atoms with Gasteiger partial charge in [0.15, 0.2) is 0 Å². The largest absolute Gasteiger partial charge is 0.497 e. The zero-order valence-electron chi connectivity index (χ0n) is 12.6. The molecule has 0 fully saturated rings. The second kappa shape index (κ2) is 8.20. The fourth-order valence-electron chi connectivity index (χ4n) is 2.15. The average molecular weight is 298 g/mol. The first-order valence-corrected chi connectivity index (χ1v) is 7.23. The van der Waals surface area contributed by atoms with E-state index < -0.39 is 0 Å². The lowest BCUT2D eigenvalue weighted by molar-refractivity contribution is 0.102. The Balaban J connectivity index is 1.99. The summed E-state index contributed by atoms with van der Waals surface area (Å²) in [6, 6.07) is 14.7. The molecule has 0 atom stereocenters. The van der Waals surface area contributed by atoms with Crippen LogP contribution >= 0.6 is 0 Å². The van der Waals surface area contributed by atoms with Crippen LogP contribution < -0.4 is 10.1 Å². The van der Waals surface area contributed by atoms with Crippen LogP contribution in [-0.2, 0) is 6.42 Å². The minimum absolute atomic E-state index is 0.150. The number of rotatable bonds is 7. The number of hydrogen-bond donors (Lipinski definition) is 2. The van der Waals surface area contributed by atoms with Crippen molar-refractivity contribution >= 4 is 11.6 Å². The number of methoxy groups -OCH3 is 1. The maximum Gasteiger partial charge on any atom is 0.255 e. The Hall–Kier alpha value is -2.33. The summed E-state index contributed by atoms with van der Waals surface area (Å²) in [5.74, 6) is 0.572. The van der Waals surface area contributed by atoms with E-state index in [0.29, 0.717) is 12.0 Å². The number of ether oxygens (including phenoxy) is 1. The second-order valence-corrected chi connectivity index (χ2v) is 4.96. The molecule has 0 heterocycles. The molecule has 2 rings (SSSR count). The summed E-state index contributed by atoms with van der Waals surface area (Å²) >= 11 is 0. The highest BCUT2D eigenvalue weighted by molar-refractivity contribution is 6.04. The van der Waals surface area contributed by atoms with Crippen molar-refractivity contribution in [1.29, 1.82) is 0 Å². The lowest BCUT2D eigenvalue weighted by atomic mass is 10.1. The summed E-state index contributed by atoms with van der Waals surface area (Å²) in [5.41, 5.74) is 2.49. The van der Waals surface area contributed by atoms with Crippen molar-refractivity contribution < 1.29 is 14.6 Å². The first-order valence-electron chi connectivity index (χ1n) is 7.23. The third-order valence-electron chi connectivity index (χ3n) is 3.34. The highest BCUT2D eigenvalue weighted by atomic mass is 16.5. The summed E-state index contributed by atoms with van der Waals surface area (Å²) in [6.45, 7) is 1.18. The number of nitrogens with one attached hydrogen (secondary N) is 1. The molecule has 0 aliphatic carbocycles. The molecule has 0 bridgehead atoms. The van der Waals surface area contributed by atoms with Crippen molar-refractivity contribution in [2.24, 2.45) is 0 Å². The fourth-order valence-corrected chi connectivity index (χ4v) is 2.15. The molecule has 115 valence electrons. The lowest BCUT2D eigenvalue weighted by Gasteiger charge is -2.08. The van der Waals surface area contributed by atoms with Gasteiger partial charge in [0.25, 0.3) is 5.91 Å². The molecule has 1 amide bonds. The van der Waals surface area contributed by atoms with E-state index in [1.165, 1.54) is 6.61 Å². The third-order valence-corrected chi connectivity index (χ3v) is 3.34.